The molecule has 4 heteroatoms. The van der Waals surface area contributed by atoms with Crippen LogP contribution in [0, 0.1) is 10.8 Å². The molecule has 1 unspecified atom stereocenters. The fourth-order valence-corrected chi connectivity index (χ4v) is 4.16. The molecule has 1 saturated carbocycles. The molecule has 3 rings (SSSR count). The van der Waals surface area contributed by atoms with Gasteiger partial charge in [-0.15, -0.1) is 0 Å². The van der Waals surface area contributed by atoms with Crippen LogP contribution < -0.4 is 0 Å². The van der Waals surface area contributed by atoms with Gasteiger partial charge in [0, 0.05) is 4.47 Å². The van der Waals surface area contributed by atoms with Crippen molar-refractivity contribution in [1.82, 2.24) is 0 Å². The molecule has 1 spiro atoms. The number of ether oxygens (including phenoxy) is 1. The summed E-state index contributed by atoms with van der Waals surface area (Å²) in [5.74, 6) is -0.342. The van der Waals surface area contributed by atoms with Crippen molar-refractivity contribution in [3.8, 4) is 0 Å². The van der Waals surface area contributed by atoms with Gasteiger partial charge in [0.15, 0.2) is 5.78 Å². The van der Waals surface area contributed by atoms with Gasteiger partial charge in [-0.25, -0.2) is 0 Å². The first kappa shape index (κ1) is 15.7. The zero-order chi connectivity index (χ0) is 16.0. The summed E-state index contributed by atoms with van der Waals surface area (Å²) >= 11 is 3.42. The number of carbonyl (C=O) groups is 2. The van der Waals surface area contributed by atoms with Gasteiger partial charge in [0.25, 0.3) is 0 Å². The van der Waals surface area contributed by atoms with Crippen molar-refractivity contribution in [2.45, 2.75) is 52.1 Å². The number of hydrogen-bond acceptors (Lipinski definition) is 3. The van der Waals surface area contributed by atoms with Crippen molar-refractivity contribution in [3.63, 3.8) is 0 Å². The maximum atomic E-state index is 13.2. The van der Waals surface area contributed by atoms with Gasteiger partial charge in [0.05, 0.1) is 5.41 Å². The van der Waals surface area contributed by atoms with E-state index in [1.807, 2.05) is 24.3 Å². The summed E-state index contributed by atoms with van der Waals surface area (Å²) in [5.41, 5.74) is -0.672. The Labute approximate surface area is 139 Å². The third-order valence-electron chi connectivity index (χ3n) is 5.18. The third kappa shape index (κ3) is 2.32. The number of Topliss-reactive ketones (excluding diaryl/α,β-unsaturated/α-hetero) is 1. The lowest BCUT2D eigenvalue weighted by Gasteiger charge is -2.49. The number of halogens is 1. The first-order chi connectivity index (χ1) is 10.4. The molecule has 0 amide bonds. The normalized spacial score (nSPS) is 26.8. The van der Waals surface area contributed by atoms with Crippen LogP contribution in [-0.4, -0.2) is 11.8 Å². The first-order valence-electron chi connectivity index (χ1n) is 7.89. The van der Waals surface area contributed by atoms with Crippen molar-refractivity contribution in [2.24, 2.45) is 10.8 Å². The molecular formula is C18H21BrO3. The van der Waals surface area contributed by atoms with Gasteiger partial charge in [-0.3, -0.25) is 9.59 Å². The second-order valence-corrected chi connectivity index (χ2v) is 7.92. The zero-order valence-electron chi connectivity index (χ0n) is 13.0. The highest BCUT2D eigenvalue weighted by Gasteiger charge is 2.60. The largest absolute Gasteiger partial charge is 0.456 e. The smallest absolute Gasteiger partial charge is 0.319 e. The Bertz CT molecular complexity index is 597. The Kier molecular flexibility index (Phi) is 3.92. The first-order valence-corrected chi connectivity index (χ1v) is 8.69. The van der Waals surface area contributed by atoms with E-state index in [4.69, 9.17) is 4.74 Å². The summed E-state index contributed by atoms with van der Waals surface area (Å²) in [6, 6.07) is 7.77. The van der Waals surface area contributed by atoms with Gasteiger partial charge in [-0.05, 0) is 44.4 Å². The van der Waals surface area contributed by atoms with E-state index in [-0.39, 0.29) is 5.78 Å². The summed E-state index contributed by atoms with van der Waals surface area (Å²) in [5, 5.41) is 0. The monoisotopic (exact) mass is 364 g/mol. The van der Waals surface area contributed by atoms with Gasteiger partial charge < -0.3 is 4.74 Å². The third-order valence-corrected chi connectivity index (χ3v) is 5.70. The van der Waals surface area contributed by atoms with Gasteiger partial charge >= 0.3 is 5.97 Å². The summed E-state index contributed by atoms with van der Waals surface area (Å²) in [6.07, 6.45) is 4.36. The van der Waals surface area contributed by atoms with E-state index < -0.39 is 22.9 Å². The van der Waals surface area contributed by atoms with Crippen LogP contribution >= 0.6 is 15.9 Å². The van der Waals surface area contributed by atoms with Crippen LogP contribution in [0.15, 0.2) is 28.7 Å². The average Bonchev–Trinajstić information content (AvgIpc) is 2.52. The predicted octanol–water partition coefficient (Wildman–Crippen LogP) is 4.59. The number of ketones is 1. The summed E-state index contributed by atoms with van der Waals surface area (Å²) in [7, 11) is 0. The maximum absolute atomic E-state index is 13.2. The van der Waals surface area contributed by atoms with E-state index in [9.17, 15) is 9.59 Å². The van der Waals surface area contributed by atoms with Gasteiger partial charge in [-0.1, -0.05) is 47.3 Å². The summed E-state index contributed by atoms with van der Waals surface area (Å²) in [6.45, 7) is 3.40. The van der Waals surface area contributed by atoms with E-state index in [0.29, 0.717) is 0 Å². The number of cyclic esters (lactones) is 1. The zero-order valence-corrected chi connectivity index (χ0v) is 14.6. The fraction of sp³-hybridized carbons (Fsp3) is 0.556. The lowest BCUT2D eigenvalue weighted by molar-refractivity contribution is -0.192. The van der Waals surface area contributed by atoms with Crippen LogP contribution in [0.2, 0.25) is 0 Å². The average molecular weight is 365 g/mol. The summed E-state index contributed by atoms with van der Waals surface area (Å²) < 4.78 is 6.79. The highest BCUT2D eigenvalue weighted by atomic mass is 79.9. The van der Waals surface area contributed by atoms with Crippen LogP contribution in [0.25, 0.3) is 0 Å². The van der Waals surface area contributed by atoms with Crippen molar-refractivity contribution in [2.75, 3.05) is 0 Å². The van der Waals surface area contributed by atoms with Gasteiger partial charge in [0.2, 0.25) is 0 Å². The highest BCUT2D eigenvalue weighted by Crippen LogP contribution is 2.55. The molecule has 1 aromatic carbocycles. The van der Waals surface area contributed by atoms with E-state index >= 15 is 0 Å². The molecule has 118 valence electrons. The number of rotatable bonds is 1. The molecule has 1 aromatic rings. The molecule has 0 radical (unpaired) electrons. The minimum absolute atomic E-state index is 0.0591. The molecule has 1 saturated heterocycles. The molecule has 22 heavy (non-hydrogen) atoms. The second kappa shape index (κ2) is 5.48. The molecule has 2 aliphatic rings. The van der Waals surface area contributed by atoms with E-state index in [0.717, 1.165) is 42.1 Å². The van der Waals surface area contributed by atoms with E-state index in [2.05, 4.69) is 15.9 Å². The van der Waals surface area contributed by atoms with E-state index in [1.165, 1.54) is 0 Å². The predicted molar refractivity (Wildman–Crippen MR) is 87.3 cm³/mol. The van der Waals surface area contributed by atoms with Crippen molar-refractivity contribution < 1.29 is 14.3 Å². The molecule has 0 aromatic heterocycles. The minimum atomic E-state index is -1.04. The molecular weight excluding hydrogens is 344 g/mol. The molecule has 1 aliphatic carbocycles. The SMILES string of the molecule is CC1(C)C(=O)OC(c2ccc(Br)cc2)C2(CCCCC2)C1=O. The van der Waals surface area contributed by atoms with Crippen molar-refractivity contribution in [1.29, 1.82) is 0 Å². The Hall–Kier alpha value is -1.16. The topological polar surface area (TPSA) is 43.4 Å². The molecule has 0 bridgehead atoms. The Morgan fingerprint density at radius 1 is 1.05 bits per heavy atom. The molecule has 2 fully saturated rings. The molecule has 1 aliphatic heterocycles. The lowest BCUT2D eigenvalue weighted by atomic mass is 9.59. The fourth-order valence-electron chi connectivity index (χ4n) is 3.90. The Morgan fingerprint density at radius 3 is 2.23 bits per heavy atom. The molecule has 1 heterocycles. The molecule has 0 N–H and O–H groups in total. The van der Waals surface area contributed by atoms with Crippen molar-refractivity contribution in [3.05, 3.63) is 34.3 Å². The quantitative estimate of drug-likeness (QED) is 0.540. The van der Waals surface area contributed by atoms with Gasteiger partial charge in [-0.2, -0.15) is 0 Å². The number of benzene rings is 1. The van der Waals surface area contributed by atoms with Crippen LogP contribution in [0.5, 0.6) is 0 Å². The van der Waals surface area contributed by atoms with Crippen LogP contribution in [0.4, 0.5) is 0 Å². The molecule has 1 atom stereocenters. The number of esters is 1. The Morgan fingerprint density at radius 2 is 1.64 bits per heavy atom. The minimum Gasteiger partial charge on any atom is -0.456 e. The highest BCUT2D eigenvalue weighted by molar-refractivity contribution is 9.10. The standard InChI is InChI=1S/C18H21BrO3/c1-17(2)15(20)18(10-4-3-5-11-18)14(22-16(17)21)12-6-8-13(19)9-7-12/h6-9,14H,3-5,10-11H2,1-2H3. The van der Waals surface area contributed by atoms with Gasteiger partial charge in [0.1, 0.15) is 11.5 Å². The maximum Gasteiger partial charge on any atom is 0.319 e. The lowest BCUT2D eigenvalue weighted by Crippen LogP contribution is -2.55. The second-order valence-electron chi connectivity index (χ2n) is 7.01. The number of hydrogen-bond donors (Lipinski definition) is 0. The van der Waals surface area contributed by atoms with Crippen LogP contribution in [-0.2, 0) is 14.3 Å². The molecule has 3 nitrogen and oxygen atoms in total. The van der Waals surface area contributed by atoms with E-state index in [1.54, 1.807) is 13.8 Å². The summed E-state index contributed by atoms with van der Waals surface area (Å²) in [4.78, 5) is 25.5. The van der Waals surface area contributed by atoms with Crippen LogP contribution in [0.1, 0.15) is 57.6 Å². The number of carbonyl (C=O) groups excluding carboxylic acids is 2. The Balaban J connectivity index is 2.08. The van der Waals surface area contributed by atoms with Crippen molar-refractivity contribution >= 4 is 27.7 Å². The van der Waals surface area contributed by atoms with Crippen LogP contribution in [0.3, 0.4) is 0 Å².